The molecule has 15 heavy (non-hydrogen) atoms. The fourth-order valence-electron chi connectivity index (χ4n) is 2.05. The predicted molar refractivity (Wildman–Crippen MR) is 65.2 cm³/mol. The third-order valence-corrected chi connectivity index (χ3v) is 4.05. The van der Waals surface area contributed by atoms with E-state index in [-0.39, 0.29) is 0 Å². The van der Waals surface area contributed by atoms with Crippen molar-refractivity contribution in [3.63, 3.8) is 0 Å². The molecule has 0 aliphatic heterocycles. The van der Waals surface area contributed by atoms with Gasteiger partial charge >= 0.3 is 0 Å². The molecule has 0 spiro atoms. The Balaban J connectivity index is 2.63. The fraction of sp³-hybridized carbons (Fsp3) is 0.154. The number of aromatic nitrogens is 1. The molecule has 0 fully saturated rings. The summed E-state index contributed by atoms with van der Waals surface area (Å²) >= 11 is 1.86. The second kappa shape index (κ2) is 3.04. The van der Waals surface area contributed by atoms with E-state index in [4.69, 9.17) is 0 Å². The first-order valence-corrected chi connectivity index (χ1v) is 5.86. The van der Waals surface area contributed by atoms with Gasteiger partial charge in [-0.3, -0.25) is 0 Å². The topological polar surface area (TPSA) is 3.88 Å². The van der Waals surface area contributed by atoms with E-state index in [1.165, 1.54) is 26.0 Å². The van der Waals surface area contributed by atoms with E-state index in [2.05, 4.69) is 54.9 Å². The lowest BCUT2D eigenvalue weighted by molar-refractivity contribution is -0.645. The summed E-state index contributed by atoms with van der Waals surface area (Å²) < 4.78 is 3.65. The van der Waals surface area contributed by atoms with Crippen molar-refractivity contribution in [2.45, 2.75) is 6.92 Å². The summed E-state index contributed by atoms with van der Waals surface area (Å²) in [5.41, 5.74) is 1.36. The molecule has 2 heteroatoms. The van der Waals surface area contributed by atoms with Crippen molar-refractivity contribution in [1.82, 2.24) is 0 Å². The molecular formula is C13H12NS+. The zero-order valence-electron chi connectivity index (χ0n) is 8.82. The third-order valence-electron chi connectivity index (χ3n) is 2.93. The average molecular weight is 214 g/mol. The SMILES string of the molecule is Cc1sc2ccc3ccccc3c2[n+]1C. The Kier molecular flexibility index (Phi) is 1.80. The van der Waals surface area contributed by atoms with Crippen LogP contribution in [0.4, 0.5) is 0 Å². The number of thiazole rings is 1. The van der Waals surface area contributed by atoms with E-state index >= 15 is 0 Å². The average Bonchev–Trinajstić information content (AvgIpc) is 2.55. The number of hydrogen-bond donors (Lipinski definition) is 0. The number of nitrogens with zero attached hydrogens (tertiary/aromatic N) is 1. The van der Waals surface area contributed by atoms with Crippen LogP contribution < -0.4 is 4.57 Å². The zero-order valence-corrected chi connectivity index (χ0v) is 9.64. The second-order valence-corrected chi connectivity index (χ2v) is 5.05. The maximum Gasteiger partial charge on any atom is 0.234 e. The lowest BCUT2D eigenvalue weighted by Crippen LogP contribution is -2.28. The Bertz CT molecular complexity index is 652. The van der Waals surface area contributed by atoms with Gasteiger partial charge in [0.1, 0.15) is 11.7 Å². The van der Waals surface area contributed by atoms with Crippen LogP contribution in [0.5, 0.6) is 0 Å². The van der Waals surface area contributed by atoms with Crippen LogP contribution in [0.25, 0.3) is 21.0 Å². The second-order valence-electron chi connectivity index (χ2n) is 3.81. The molecule has 0 radical (unpaired) electrons. The smallest absolute Gasteiger partial charge is 0.188 e. The van der Waals surface area contributed by atoms with E-state index in [9.17, 15) is 0 Å². The van der Waals surface area contributed by atoms with E-state index in [1.54, 1.807) is 0 Å². The molecule has 0 unspecified atom stereocenters. The first kappa shape index (κ1) is 8.86. The summed E-state index contributed by atoms with van der Waals surface area (Å²) in [4.78, 5) is 0. The van der Waals surface area contributed by atoms with Gasteiger partial charge in [-0.25, -0.2) is 0 Å². The summed E-state index contributed by atoms with van der Waals surface area (Å²) in [6.45, 7) is 2.17. The molecule has 74 valence electrons. The minimum Gasteiger partial charge on any atom is -0.188 e. The van der Waals surface area contributed by atoms with Crippen molar-refractivity contribution in [2.24, 2.45) is 7.05 Å². The van der Waals surface area contributed by atoms with Gasteiger partial charge in [0.15, 0.2) is 0 Å². The molecular weight excluding hydrogens is 202 g/mol. The lowest BCUT2D eigenvalue weighted by atomic mass is 10.1. The molecule has 0 bridgehead atoms. The molecule has 3 aromatic rings. The highest BCUT2D eigenvalue weighted by Gasteiger charge is 2.15. The Morgan fingerprint density at radius 3 is 2.73 bits per heavy atom. The number of fused-ring (bicyclic) bond motifs is 3. The summed E-state index contributed by atoms with van der Waals surface area (Å²) in [7, 11) is 2.14. The van der Waals surface area contributed by atoms with Gasteiger partial charge in [-0.1, -0.05) is 35.6 Å². The van der Waals surface area contributed by atoms with Gasteiger partial charge in [0.05, 0.1) is 5.39 Å². The van der Waals surface area contributed by atoms with Crippen molar-refractivity contribution in [3.8, 4) is 0 Å². The minimum absolute atomic E-state index is 1.32. The quantitative estimate of drug-likeness (QED) is 0.506. The third kappa shape index (κ3) is 1.18. The Morgan fingerprint density at radius 1 is 1.07 bits per heavy atom. The van der Waals surface area contributed by atoms with Gasteiger partial charge in [-0.2, -0.15) is 4.57 Å². The molecule has 0 N–H and O–H groups in total. The van der Waals surface area contributed by atoms with E-state index in [0.717, 1.165) is 0 Å². The standard InChI is InChI=1S/C13H12NS/c1-9-14(2)13-11-6-4-3-5-10(11)7-8-12(13)15-9/h3-8H,1-2H3/q+1. The van der Waals surface area contributed by atoms with E-state index in [0.29, 0.717) is 0 Å². The number of benzene rings is 2. The van der Waals surface area contributed by atoms with Crippen molar-refractivity contribution < 1.29 is 4.57 Å². The molecule has 0 aliphatic rings. The molecule has 0 atom stereocenters. The normalized spacial score (nSPS) is 11.3. The number of rotatable bonds is 0. The molecule has 0 amide bonds. The highest BCUT2D eigenvalue weighted by Crippen LogP contribution is 2.27. The number of hydrogen-bond acceptors (Lipinski definition) is 1. The van der Waals surface area contributed by atoms with Gasteiger partial charge in [0.25, 0.3) is 0 Å². The Labute approximate surface area is 92.6 Å². The molecule has 1 nitrogen and oxygen atoms in total. The lowest BCUT2D eigenvalue weighted by Gasteiger charge is -1.95. The van der Waals surface area contributed by atoms with E-state index < -0.39 is 0 Å². The highest BCUT2D eigenvalue weighted by molar-refractivity contribution is 7.18. The first-order valence-electron chi connectivity index (χ1n) is 5.04. The van der Waals surface area contributed by atoms with Crippen LogP contribution in [0.15, 0.2) is 36.4 Å². The van der Waals surface area contributed by atoms with Crippen LogP contribution >= 0.6 is 11.3 Å². The van der Waals surface area contributed by atoms with Crippen LogP contribution in [0.2, 0.25) is 0 Å². The van der Waals surface area contributed by atoms with Crippen LogP contribution in [0.1, 0.15) is 5.01 Å². The summed E-state index contributed by atoms with van der Waals surface area (Å²) in [6, 6.07) is 13.0. The van der Waals surface area contributed by atoms with Gasteiger partial charge in [0, 0.05) is 6.92 Å². The predicted octanol–water partition coefficient (Wildman–Crippen LogP) is 3.19. The largest absolute Gasteiger partial charge is 0.234 e. The fourth-order valence-corrected chi connectivity index (χ4v) is 3.07. The monoisotopic (exact) mass is 214 g/mol. The first-order chi connectivity index (χ1) is 7.27. The molecule has 3 rings (SSSR count). The summed E-state index contributed by atoms with van der Waals surface area (Å²) in [5, 5.41) is 4.02. The van der Waals surface area contributed by atoms with Crippen LogP contribution in [-0.2, 0) is 7.05 Å². The van der Waals surface area contributed by atoms with Crippen molar-refractivity contribution >= 4 is 32.3 Å². The minimum atomic E-state index is 1.32. The van der Waals surface area contributed by atoms with E-state index in [1.807, 2.05) is 11.3 Å². The molecule has 1 heterocycles. The van der Waals surface area contributed by atoms with Crippen LogP contribution in [0.3, 0.4) is 0 Å². The van der Waals surface area contributed by atoms with Gasteiger partial charge < -0.3 is 0 Å². The van der Waals surface area contributed by atoms with Crippen LogP contribution in [-0.4, -0.2) is 0 Å². The van der Waals surface area contributed by atoms with Crippen LogP contribution in [0, 0.1) is 6.92 Å². The highest BCUT2D eigenvalue weighted by atomic mass is 32.1. The van der Waals surface area contributed by atoms with Gasteiger partial charge in [-0.15, -0.1) is 0 Å². The van der Waals surface area contributed by atoms with Crippen molar-refractivity contribution in [1.29, 1.82) is 0 Å². The molecule has 1 aromatic heterocycles. The van der Waals surface area contributed by atoms with Crippen molar-refractivity contribution in [2.75, 3.05) is 0 Å². The maximum absolute atomic E-state index is 2.28. The molecule has 2 aromatic carbocycles. The number of aryl methyl sites for hydroxylation is 2. The van der Waals surface area contributed by atoms with Crippen molar-refractivity contribution in [3.05, 3.63) is 41.4 Å². The summed E-state index contributed by atoms with van der Waals surface area (Å²) in [6.07, 6.45) is 0. The molecule has 0 aliphatic carbocycles. The maximum atomic E-state index is 2.28. The zero-order chi connectivity index (χ0) is 10.4. The van der Waals surface area contributed by atoms with Gasteiger partial charge in [0.2, 0.25) is 10.5 Å². The van der Waals surface area contributed by atoms with Gasteiger partial charge in [-0.05, 0) is 17.5 Å². The Hall–Kier alpha value is -1.41. The molecule has 0 saturated carbocycles. The summed E-state index contributed by atoms with van der Waals surface area (Å²) in [5.74, 6) is 0. The Morgan fingerprint density at radius 2 is 1.87 bits per heavy atom. The molecule has 0 saturated heterocycles.